The molecule has 0 saturated heterocycles. The minimum absolute atomic E-state index is 0.611. The van der Waals surface area contributed by atoms with E-state index < -0.39 is 8.80 Å². The first-order chi connectivity index (χ1) is 7.86. The molecule has 1 heteroatoms. The number of hydrogen-bond acceptors (Lipinski definition) is 0. The molecule has 1 aromatic rings. The van der Waals surface area contributed by atoms with E-state index in [9.17, 15) is 0 Å². The first-order valence-corrected chi connectivity index (χ1v) is 8.57. The highest BCUT2D eigenvalue weighted by atomic mass is 28.3. The molecule has 0 radical (unpaired) electrons. The van der Waals surface area contributed by atoms with Crippen molar-refractivity contribution < 1.29 is 0 Å². The van der Waals surface area contributed by atoms with E-state index in [1.165, 1.54) is 36.5 Å². The van der Waals surface area contributed by atoms with E-state index in [0.717, 1.165) is 0 Å². The maximum absolute atomic E-state index is 3.85. The summed E-state index contributed by atoms with van der Waals surface area (Å²) in [5.41, 5.74) is 1.47. The van der Waals surface area contributed by atoms with Gasteiger partial charge in [-0.2, -0.15) is 0 Å². The Morgan fingerprint density at radius 1 is 1.00 bits per heavy atom. The zero-order chi connectivity index (χ0) is 11.6. The lowest BCUT2D eigenvalue weighted by atomic mass is 10.1. The molecule has 0 aliphatic rings. The largest absolute Gasteiger partial charge is 0.103 e. The van der Waals surface area contributed by atoms with Crippen molar-refractivity contribution in [2.45, 2.75) is 31.0 Å². The van der Waals surface area contributed by atoms with Crippen LogP contribution in [0.2, 0.25) is 18.1 Å². The van der Waals surface area contributed by atoms with Crippen LogP contribution in [0.1, 0.15) is 12.0 Å². The van der Waals surface area contributed by atoms with Gasteiger partial charge in [0, 0.05) is 8.80 Å². The summed E-state index contributed by atoms with van der Waals surface area (Å²) in [5.74, 6) is 0. The molecule has 0 saturated carbocycles. The number of allylic oxidation sites excluding steroid dienone is 2. The third kappa shape index (κ3) is 5.13. The molecule has 0 nitrogen and oxygen atoms in total. The molecule has 0 aliphatic heterocycles. The zero-order valence-corrected chi connectivity index (χ0v) is 11.2. The average Bonchev–Trinajstić information content (AvgIpc) is 2.31. The van der Waals surface area contributed by atoms with Gasteiger partial charge in [-0.3, -0.25) is 0 Å². The predicted octanol–water partition coefficient (Wildman–Crippen LogP) is 4.22. The Labute approximate surface area is 101 Å². The van der Waals surface area contributed by atoms with Gasteiger partial charge in [0.2, 0.25) is 0 Å². The van der Waals surface area contributed by atoms with Crippen molar-refractivity contribution >= 4 is 8.80 Å². The maximum Gasteiger partial charge on any atom is 0.0443 e. The molecule has 0 aliphatic carbocycles. The molecular formula is C15H22Si. The lowest BCUT2D eigenvalue weighted by molar-refractivity contribution is 0.905. The Balaban J connectivity index is 2.27. The van der Waals surface area contributed by atoms with Crippen molar-refractivity contribution in [3.63, 3.8) is 0 Å². The Bertz CT molecular complexity index is 292. The quantitative estimate of drug-likeness (QED) is 0.463. The van der Waals surface area contributed by atoms with Gasteiger partial charge in [0.25, 0.3) is 0 Å². The van der Waals surface area contributed by atoms with Crippen molar-refractivity contribution in [2.24, 2.45) is 0 Å². The standard InChI is InChI=1S/C15H22Si/c1-3-12-16(13-4-2)14-8-11-15-9-6-5-7-10-15/h3-7,9-10,16H,1-2,8,11-14H2. The SMILES string of the molecule is C=CC[SiH](CC=C)CCCc1ccccc1. The summed E-state index contributed by atoms with van der Waals surface area (Å²) in [6.45, 7) is 7.70. The second-order valence-corrected chi connectivity index (χ2v) is 7.54. The average molecular weight is 230 g/mol. The van der Waals surface area contributed by atoms with Crippen LogP contribution in [0.3, 0.4) is 0 Å². The summed E-state index contributed by atoms with van der Waals surface area (Å²) in [6, 6.07) is 14.7. The molecule has 0 amide bonds. The normalized spacial score (nSPS) is 10.3. The van der Waals surface area contributed by atoms with Gasteiger partial charge in [-0.05, 0) is 24.1 Å². The fourth-order valence-corrected chi connectivity index (χ4v) is 4.43. The molecular weight excluding hydrogens is 208 g/mol. The summed E-state index contributed by atoms with van der Waals surface area (Å²) in [7, 11) is -0.611. The third-order valence-electron chi connectivity index (χ3n) is 2.92. The highest BCUT2D eigenvalue weighted by Gasteiger charge is 2.06. The number of hydrogen-bond donors (Lipinski definition) is 0. The number of benzene rings is 1. The van der Waals surface area contributed by atoms with E-state index >= 15 is 0 Å². The van der Waals surface area contributed by atoms with Crippen LogP contribution in [0, 0.1) is 0 Å². The first-order valence-electron chi connectivity index (χ1n) is 6.12. The first kappa shape index (κ1) is 13.0. The van der Waals surface area contributed by atoms with E-state index in [2.05, 4.69) is 55.6 Å². The van der Waals surface area contributed by atoms with E-state index in [1.807, 2.05) is 0 Å². The van der Waals surface area contributed by atoms with Crippen molar-refractivity contribution in [2.75, 3.05) is 0 Å². The molecule has 86 valence electrons. The number of rotatable bonds is 8. The van der Waals surface area contributed by atoms with Crippen LogP contribution < -0.4 is 0 Å². The third-order valence-corrected chi connectivity index (χ3v) is 6.15. The van der Waals surface area contributed by atoms with E-state index in [1.54, 1.807) is 0 Å². The molecule has 16 heavy (non-hydrogen) atoms. The van der Waals surface area contributed by atoms with Crippen LogP contribution >= 0.6 is 0 Å². The monoisotopic (exact) mass is 230 g/mol. The summed E-state index contributed by atoms with van der Waals surface area (Å²) in [4.78, 5) is 0. The van der Waals surface area contributed by atoms with Gasteiger partial charge in [-0.1, -0.05) is 54.9 Å². The Morgan fingerprint density at radius 3 is 2.19 bits per heavy atom. The van der Waals surface area contributed by atoms with Crippen molar-refractivity contribution in [1.82, 2.24) is 0 Å². The van der Waals surface area contributed by atoms with Crippen molar-refractivity contribution in [3.8, 4) is 0 Å². The van der Waals surface area contributed by atoms with Crippen LogP contribution in [0.25, 0.3) is 0 Å². The second kappa shape index (κ2) is 8.11. The molecule has 0 heterocycles. The summed E-state index contributed by atoms with van der Waals surface area (Å²) < 4.78 is 0. The molecule has 0 unspecified atom stereocenters. The summed E-state index contributed by atoms with van der Waals surface area (Å²) in [5, 5.41) is 0. The summed E-state index contributed by atoms with van der Waals surface area (Å²) in [6.07, 6.45) is 6.72. The van der Waals surface area contributed by atoms with Gasteiger partial charge in [0.05, 0.1) is 0 Å². The van der Waals surface area contributed by atoms with E-state index in [4.69, 9.17) is 0 Å². The lowest BCUT2D eigenvalue weighted by Crippen LogP contribution is -2.09. The van der Waals surface area contributed by atoms with Crippen LogP contribution in [0.15, 0.2) is 55.6 Å². The fraction of sp³-hybridized carbons (Fsp3) is 0.333. The molecule has 0 aromatic heterocycles. The topological polar surface area (TPSA) is 0 Å². The fourth-order valence-electron chi connectivity index (χ4n) is 2.04. The van der Waals surface area contributed by atoms with Gasteiger partial charge in [-0.25, -0.2) is 0 Å². The lowest BCUT2D eigenvalue weighted by Gasteiger charge is -2.10. The maximum atomic E-state index is 3.85. The highest BCUT2D eigenvalue weighted by molar-refractivity contribution is 6.59. The van der Waals surface area contributed by atoms with Crippen molar-refractivity contribution in [1.29, 1.82) is 0 Å². The number of aryl methyl sites for hydroxylation is 1. The smallest absolute Gasteiger partial charge is 0.0443 e. The van der Waals surface area contributed by atoms with Gasteiger partial charge in [-0.15, -0.1) is 13.2 Å². The molecule has 1 rings (SSSR count). The summed E-state index contributed by atoms with van der Waals surface area (Å²) >= 11 is 0. The predicted molar refractivity (Wildman–Crippen MR) is 76.7 cm³/mol. The molecule has 1 aromatic carbocycles. The van der Waals surface area contributed by atoms with Crippen LogP contribution in [0.4, 0.5) is 0 Å². The van der Waals surface area contributed by atoms with Gasteiger partial charge >= 0.3 is 0 Å². The second-order valence-electron chi connectivity index (χ2n) is 4.29. The van der Waals surface area contributed by atoms with Crippen LogP contribution in [0.5, 0.6) is 0 Å². The van der Waals surface area contributed by atoms with Gasteiger partial charge in [0.15, 0.2) is 0 Å². The van der Waals surface area contributed by atoms with Crippen LogP contribution in [-0.4, -0.2) is 8.80 Å². The Morgan fingerprint density at radius 2 is 1.62 bits per heavy atom. The van der Waals surface area contributed by atoms with Crippen molar-refractivity contribution in [3.05, 3.63) is 61.2 Å². The van der Waals surface area contributed by atoms with E-state index in [-0.39, 0.29) is 0 Å². The van der Waals surface area contributed by atoms with Gasteiger partial charge in [0.1, 0.15) is 0 Å². The zero-order valence-electron chi connectivity index (χ0n) is 10.1. The van der Waals surface area contributed by atoms with Crippen LogP contribution in [-0.2, 0) is 6.42 Å². The minimum Gasteiger partial charge on any atom is -0.103 e. The molecule has 0 bridgehead atoms. The molecule has 0 spiro atoms. The Kier molecular flexibility index (Phi) is 6.58. The van der Waals surface area contributed by atoms with E-state index in [0.29, 0.717) is 0 Å². The van der Waals surface area contributed by atoms with Gasteiger partial charge < -0.3 is 0 Å². The minimum atomic E-state index is -0.611. The highest BCUT2D eigenvalue weighted by Crippen LogP contribution is 2.12. The molecule has 0 fully saturated rings. The molecule has 0 N–H and O–H groups in total. The molecule has 0 atom stereocenters. The Hall–Kier alpha value is -1.08.